The van der Waals surface area contributed by atoms with E-state index in [1.807, 2.05) is 31.1 Å². The lowest BCUT2D eigenvalue weighted by atomic mass is 10.2. The first-order valence-corrected chi connectivity index (χ1v) is 11.4. The van der Waals surface area contributed by atoms with E-state index < -0.39 is 10.0 Å². The van der Waals surface area contributed by atoms with Gasteiger partial charge in [0.15, 0.2) is 0 Å². The molecule has 1 N–H and O–H groups in total. The third kappa shape index (κ3) is 5.26. The van der Waals surface area contributed by atoms with Gasteiger partial charge < -0.3 is 9.73 Å². The molecule has 1 unspecified atom stereocenters. The smallest absolute Gasteiger partial charge is 0.251 e. The molecule has 1 aromatic heterocycles. The van der Waals surface area contributed by atoms with E-state index in [0.29, 0.717) is 25.2 Å². The molecule has 0 saturated carbocycles. The van der Waals surface area contributed by atoms with Crippen LogP contribution < -0.4 is 5.32 Å². The van der Waals surface area contributed by atoms with Crippen LogP contribution in [-0.4, -0.2) is 57.3 Å². The van der Waals surface area contributed by atoms with Crippen molar-refractivity contribution in [2.45, 2.75) is 36.6 Å². The highest BCUT2D eigenvalue weighted by molar-refractivity contribution is 7.89. The van der Waals surface area contributed by atoms with Crippen LogP contribution in [0.2, 0.25) is 0 Å². The van der Waals surface area contributed by atoms with E-state index >= 15 is 0 Å². The molecular weight excluding hydrogens is 390 g/mol. The predicted octanol–water partition coefficient (Wildman–Crippen LogP) is 2.88. The zero-order chi connectivity index (χ0) is 20.9. The van der Waals surface area contributed by atoms with Gasteiger partial charge in [-0.25, -0.2) is 8.42 Å². The summed E-state index contributed by atoms with van der Waals surface area (Å²) in [6.45, 7) is 1.50. The van der Waals surface area contributed by atoms with E-state index in [0.717, 1.165) is 31.4 Å². The summed E-state index contributed by atoms with van der Waals surface area (Å²) in [6.07, 6.45) is 5.52. The number of likely N-dealkylation sites (N-methyl/N-ethyl adjacent to an activating group) is 1. The summed E-state index contributed by atoms with van der Waals surface area (Å²) < 4.78 is 32.7. The van der Waals surface area contributed by atoms with Crippen LogP contribution in [-0.2, 0) is 10.0 Å². The number of amides is 1. The lowest BCUT2D eigenvalue weighted by Gasteiger charge is -2.22. The molecule has 1 amide bonds. The van der Waals surface area contributed by atoms with Crippen LogP contribution in [0.4, 0.5) is 0 Å². The molecule has 1 aliphatic rings. The number of sulfonamides is 1. The fourth-order valence-electron chi connectivity index (χ4n) is 3.52. The second-order valence-electron chi connectivity index (χ2n) is 7.55. The van der Waals surface area contributed by atoms with Crippen molar-refractivity contribution >= 4 is 15.9 Å². The van der Waals surface area contributed by atoms with Crippen molar-refractivity contribution in [3.05, 3.63) is 54.0 Å². The van der Waals surface area contributed by atoms with Crippen molar-refractivity contribution in [3.8, 4) is 0 Å². The van der Waals surface area contributed by atoms with Gasteiger partial charge in [0.25, 0.3) is 5.91 Å². The van der Waals surface area contributed by atoms with Crippen molar-refractivity contribution in [1.82, 2.24) is 14.5 Å². The summed E-state index contributed by atoms with van der Waals surface area (Å²) in [6, 6.07) is 9.78. The van der Waals surface area contributed by atoms with Gasteiger partial charge >= 0.3 is 0 Å². The van der Waals surface area contributed by atoms with Gasteiger partial charge in [-0.3, -0.25) is 9.69 Å². The SMILES string of the molecule is CN(C)C(CNC(=O)c1ccc(S(=O)(=O)N2CCCCCC2)cc1)c1ccco1. The maximum Gasteiger partial charge on any atom is 0.251 e. The van der Waals surface area contributed by atoms with Gasteiger partial charge in [-0.1, -0.05) is 12.8 Å². The highest BCUT2D eigenvalue weighted by atomic mass is 32.2. The normalized spacial score (nSPS) is 17.1. The molecule has 1 atom stereocenters. The number of rotatable bonds is 7. The van der Waals surface area contributed by atoms with Gasteiger partial charge in [0, 0.05) is 25.2 Å². The second kappa shape index (κ2) is 9.56. The van der Waals surface area contributed by atoms with Crippen LogP contribution in [0.15, 0.2) is 52.0 Å². The molecule has 0 aliphatic carbocycles. The van der Waals surface area contributed by atoms with Crippen molar-refractivity contribution in [2.24, 2.45) is 0 Å². The Morgan fingerprint density at radius 2 is 1.76 bits per heavy atom. The third-order valence-corrected chi connectivity index (χ3v) is 7.18. The Balaban J connectivity index is 1.65. The molecular formula is C21H29N3O4S. The van der Waals surface area contributed by atoms with Crippen LogP contribution >= 0.6 is 0 Å². The third-order valence-electron chi connectivity index (χ3n) is 5.27. The van der Waals surface area contributed by atoms with Crippen molar-refractivity contribution in [2.75, 3.05) is 33.7 Å². The number of hydrogen-bond donors (Lipinski definition) is 1. The first-order chi connectivity index (χ1) is 13.9. The number of nitrogens with one attached hydrogen (secondary N) is 1. The van der Waals surface area contributed by atoms with Gasteiger partial charge in [-0.15, -0.1) is 0 Å². The highest BCUT2D eigenvalue weighted by Crippen LogP contribution is 2.21. The number of furan rings is 1. The first-order valence-electron chi connectivity index (χ1n) is 9.98. The fraction of sp³-hybridized carbons (Fsp3) is 0.476. The Bertz CT molecular complexity index is 885. The highest BCUT2D eigenvalue weighted by Gasteiger charge is 2.25. The van der Waals surface area contributed by atoms with Gasteiger partial charge in [0.05, 0.1) is 17.2 Å². The Kier molecular flexibility index (Phi) is 7.10. The first kappa shape index (κ1) is 21.5. The van der Waals surface area contributed by atoms with Crippen LogP contribution in [0.25, 0.3) is 0 Å². The van der Waals surface area contributed by atoms with Crippen LogP contribution in [0.1, 0.15) is 47.8 Å². The number of benzene rings is 1. The van der Waals surface area contributed by atoms with E-state index in [9.17, 15) is 13.2 Å². The summed E-state index contributed by atoms with van der Waals surface area (Å²) in [7, 11) is 0.325. The zero-order valence-electron chi connectivity index (χ0n) is 17.0. The molecule has 2 heterocycles. The molecule has 8 heteroatoms. The van der Waals surface area contributed by atoms with Gasteiger partial charge in [0.2, 0.25) is 10.0 Å². The molecule has 0 spiro atoms. The van der Waals surface area contributed by atoms with Crippen LogP contribution in [0.3, 0.4) is 0 Å². The lowest BCUT2D eigenvalue weighted by Crippen LogP contribution is -2.34. The van der Waals surface area contributed by atoms with Gasteiger partial charge in [-0.05, 0) is 63.3 Å². The number of nitrogens with zero attached hydrogens (tertiary/aromatic N) is 2. The molecule has 3 rings (SSSR count). The largest absolute Gasteiger partial charge is 0.468 e. The molecule has 158 valence electrons. The van der Waals surface area contributed by atoms with Crippen LogP contribution in [0.5, 0.6) is 0 Å². The molecule has 2 aromatic rings. The summed E-state index contributed by atoms with van der Waals surface area (Å²) in [4.78, 5) is 14.7. The molecule has 1 aliphatic heterocycles. The fourth-order valence-corrected chi connectivity index (χ4v) is 5.04. The summed E-state index contributed by atoms with van der Waals surface area (Å²) in [5.41, 5.74) is 0.428. The van der Waals surface area contributed by atoms with Crippen molar-refractivity contribution < 1.29 is 17.6 Å². The molecule has 1 saturated heterocycles. The molecule has 0 radical (unpaired) electrons. The Morgan fingerprint density at radius 3 is 2.31 bits per heavy atom. The molecule has 1 aromatic carbocycles. The lowest BCUT2D eigenvalue weighted by molar-refractivity contribution is 0.0939. The van der Waals surface area contributed by atoms with E-state index in [4.69, 9.17) is 4.42 Å². The topological polar surface area (TPSA) is 82.9 Å². The molecule has 1 fully saturated rings. The van der Waals surface area contributed by atoms with Crippen molar-refractivity contribution in [3.63, 3.8) is 0 Å². The molecule has 29 heavy (non-hydrogen) atoms. The molecule has 7 nitrogen and oxygen atoms in total. The van der Waals surface area contributed by atoms with E-state index in [1.165, 1.54) is 12.1 Å². The summed E-state index contributed by atoms with van der Waals surface area (Å²) in [5.74, 6) is 0.524. The number of carbonyl (C=O) groups excluding carboxylic acids is 1. The Hall–Kier alpha value is -2.16. The average Bonchev–Trinajstić information content (AvgIpc) is 3.08. The predicted molar refractivity (Wildman–Crippen MR) is 111 cm³/mol. The zero-order valence-corrected chi connectivity index (χ0v) is 17.8. The quantitative estimate of drug-likeness (QED) is 0.746. The Labute approximate surface area is 172 Å². The van der Waals surface area contributed by atoms with E-state index in [1.54, 1.807) is 22.7 Å². The van der Waals surface area contributed by atoms with Crippen LogP contribution in [0, 0.1) is 0 Å². The van der Waals surface area contributed by atoms with E-state index in [2.05, 4.69) is 5.32 Å². The maximum absolute atomic E-state index is 12.9. The van der Waals surface area contributed by atoms with Crippen molar-refractivity contribution in [1.29, 1.82) is 0 Å². The Morgan fingerprint density at radius 1 is 1.10 bits per heavy atom. The monoisotopic (exact) mass is 419 g/mol. The number of hydrogen-bond acceptors (Lipinski definition) is 5. The standard InChI is InChI=1S/C21H29N3O4S/c1-23(2)19(20-8-7-15-28-20)16-22-21(25)17-9-11-18(12-10-17)29(26,27)24-13-5-3-4-6-14-24/h7-12,15,19H,3-6,13-14,16H2,1-2H3,(H,22,25). The molecule has 0 bridgehead atoms. The minimum Gasteiger partial charge on any atom is -0.468 e. The van der Waals surface area contributed by atoms with E-state index in [-0.39, 0.29) is 16.8 Å². The maximum atomic E-state index is 12.9. The van der Waals surface area contributed by atoms with Gasteiger partial charge in [-0.2, -0.15) is 4.31 Å². The average molecular weight is 420 g/mol. The van der Waals surface area contributed by atoms with Gasteiger partial charge in [0.1, 0.15) is 5.76 Å². The minimum atomic E-state index is -3.51. The summed E-state index contributed by atoms with van der Waals surface area (Å²) in [5, 5.41) is 2.90. The second-order valence-corrected chi connectivity index (χ2v) is 9.49. The minimum absolute atomic E-state index is 0.0864. The number of carbonyl (C=O) groups is 1. The summed E-state index contributed by atoms with van der Waals surface area (Å²) >= 11 is 0.